The molecule has 0 aliphatic heterocycles. The smallest absolute Gasteiger partial charge is 0.262 e. The van der Waals surface area contributed by atoms with E-state index in [9.17, 15) is 8.42 Å². The average molecular weight is 453 g/mol. The molecular weight excluding hydrogens is 420 g/mol. The van der Waals surface area contributed by atoms with E-state index in [0.717, 1.165) is 28.7 Å². The van der Waals surface area contributed by atoms with E-state index in [2.05, 4.69) is 16.9 Å². The maximum Gasteiger partial charge on any atom is 0.297 e. The van der Waals surface area contributed by atoms with Crippen molar-refractivity contribution < 1.29 is 12.6 Å². The molecule has 0 atom stereocenters. The van der Waals surface area contributed by atoms with Crippen molar-refractivity contribution in [2.45, 2.75) is 70.3 Å². The third-order valence-corrected chi connectivity index (χ3v) is 6.70. The van der Waals surface area contributed by atoms with Crippen molar-refractivity contribution in [3.8, 4) is 11.4 Å². The van der Waals surface area contributed by atoms with Gasteiger partial charge in [-0.15, -0.1) is 0 Å². The Balaban J connectivity index is 1.51. The predicted octanol–water partition coefficient (Wildman–Crippen LogP) is 6.26. The van der Waals surface area contributed by atoms with Crippen LogP contribution in [-0.2, 0) is 27.3 Å². The van der Waals surface area contributed by atoms with Crippen LogP contribution in [0.3, 0.4) is 0 Å². The van der Waals surface area contributed by atoms with Gasteiger partial charge in [-0.3, -0.25) is 4.18 Å². The van der Waals surface area contributed by atoms with Gasteiger partial charge in [-0.05, 0) is 43.0 Å². The number of nitrogens with zero attached hydrogens (tertiary/aromatic N) is 2. The molecule has 0 amide bonds. The molecule has 6 heteroatoms. The zero-order valence-corrected chi connectivity index (χ0v) is 19.8. The molecule has 0 unspecified atom stereocenters. The van der Waals surface area contributed by atoms with Crippen LogP contribution in [0, 0.1) is 6.92 Å². The summed E-state index contributed by atoms with van der Waals surface area (Å²) in [7, 11) is -3.78. The second-order valence-corrected chi connectivity index (χ2v) is 9.77. The van der Waals surface area contributed by atoms with Crippen LogP contribution in [0.15, 0.2) is 65.8 Å². The molecule has 1 aromatic heterocycles. The van der Waals surface area contributed by atoms with Crippen molar-refractivity contribution in [1.82, 2.24) is 9.97 Å². The van der Waals surface area contributed by atoms with Crippen molar-refractivity contribution in [1.29, 1.82) is 0 Å². The molecule has 0 fully saturated rings. The summed E-state index contributed by atoms with van der Waals surface area (Å²) in [4.78, 5) is 9.16. The number of aryl methyl sites for hydroxylation is 2. The molecule has 0 aliphatic carbocycles. The number of benzene rings is 2. The summed E-state index contributed by atoms with van der Waals surface area (Å²) >= 11 is 0. The third-order valence-electron chi connectivity index (χ3n) is 5.43. The average Bonchev–Trinajstić information content (AvgIpc) is 2.81. The first-order valence-electron chi connectivity index (χ1n) is 11.3. The fourth-order valence-corrected chi connectivity index (χ4v) is 4.31. The Morgan fingerprint density at radius 1 is 0.781 bits per heavy atom. The summed E-state index contributed by atoms with van der Waals surface area (Å²) in [6, 6.07) is 14.1. The van der Waals surface area contributed by atoms with Gasteiger partial charge in [0.1, 0.15) is 0 Å². The summed E-state index contributed by atoms with van der Waals surface area (Å²) < 4.78 is 29.9. The fraction of sp³-hybridized carbons (Fsp3) is 0.385. The molecule has 0 saturated heterocycles. The van der Waals surface area contributed by atoms with Gasteiger partial charge in [-0.2, -0.15) is 8.42 Å². The van der Waals surface area contributed by atoms with Crippen molar-refractivity contribution >= 4 is 10.1 Å². The zero-order chi connectivity index (χ0) is 22.8. The Bertz CT molecular complexity index is 1060. The van der Waals surface area contributed by atoms with Crippen LogP contribution in [0.5, 0.6) is 0 Å². The van der Waals surface area contributed by atoms with E-state index in [1.165, 1.54) is 38.5 Å². The van der Waals surface area contributed by atoms with Gasteiger partial charge in [-0.1, -0.05) is 81.0 Å². The number of aromatic nitrogens is 2. The zero-order valence-electron chi connectivity index (χ0n) is 19.0. The molecule has 5 nitrogen and oxygen atoms in total. The quantitative estimate of drug-likeness (QED) is 0.240. The second-order valence-electron chi connectivity index (χ2n) is 8.16. The topological polar surface area (TPSA) is 69.2 Å². The molecule has 1 heterocycles. The minimum Gasteiger partial charge on any atom is -0.262 e. The first kappa shape index (κ1) is 24.1. The minimum absolute atomic E-state index is 0.0193. The highest BCUT2D eigenvalue weighted by Crippen LogP contribution is 2.19. The van der Waals surface area contributed by atoms with Gasteiger partial charge in [-0.25, -0.2) is 9.97 Å². The maximum absolute atomic E-state index is 12.3. The Morgan fingerprint density at radius 3 is 2.06 bits per heavy atom. The third kappa shape index (κ3) is 7.24. The molecule has 170 valence electrons. The standard InChI is InChI=1S/C26H32N2O3S/c1-3-4-5-6-7-8-9-23-18-27-26(28-19-23)24-14-12-22(13-15-24)20-31-32(29,30)25-16-10-21(2)11-17-25/h10-19H,3-9,20H2,1-2H3. The molecule has 0 spiro atoms. The molecule has 0 N–H and O–H groups in total. The molecule has 32 heavy (non-hydrogen) atoms. The lowest BCUT2D eigenvalue weighted by Crippen LogP contribution is -2.06. The molecule has 0 radical (unpaired) electrons. The second kappa shape index (κ2) is 11.9. The van der Waals surface area contributed by atoms with Crippen molar-refractivity contribution in [3.05, 3.63) is 77.6 Å². The first-order chi connectivity index (χ1) is 15.5. The van der Waals surface area contributed by atoms with E-state index in [1.807, 2.05) is 43.6 Å². The number of hydrogen-bond acceptors (Lipinski definition) is 5. The van der Waals surface area contributed by atoms with Crippen LogP contribution in [0.4, 0.5) is 0 Å². The summed E-state index contributed by atoms with van der Waals surface area (Å²) in [6.45, 7) is 4.12. The Kier molecular flexibility index (Phi) is 8.94. The molecule has 0 bridgehead atoms. The van der Waals surface area contributed by atoms with Gasteiger partial charge in [0, 0.05) is 18.0 Å². The van der Waals surface area contributed by atoms with Crippen LogP contribution in [0.25, 0.3) is 11.4 Å². The van der Waals surface area contributed by atoms with Crippen molar-refractivity contribution in [2.24, 2.45) is 0 Å². The van der Waals surface area contributed by atoms with Crippen LogP contribution in [0.2, 0.25) is 0 Å². The maximum atomic E-state index is 12.3. The van der Waals surface area contributed by atoms with E-state index in [4.69, 9.17) is 4.18 Å². The minimum atomic E-state index is -3.78. The van der Waals surface area contributed by atoms with E-state index in [-0.39, 0.29) is 11.5 Å². The summed E-state index contributed by atoms with van der Waals surface area (Å²) in [5.74, 6) is 0.663. The molecule has 3 aromatic rings. The van der Waals surface area contributed by atoms with Gasteiger partial charge in [0.25, 0.3) is 10.1 Å². The highest BCUT2D eigenvalue weighted by Gasteiger charge is 2.15. The largest absolute Gasteiger partial charge is 0.297 e. The Labute approximate surface area is 192 Å². The van der Waals surface area contributed by atoms with Crippen LogP contribution >= 0.6 is 0 Å². The monoisotopic (exact) mass is 452 g/mol. The van der Waals surface area contributed by atoms with Crippen LogP contribution in [-0.4, -0.2) is 18.4 Å². The normalized spacial score (nSPS) is 11.6. The van der Waals surface area contributed by atoms with Crippen LogP contribution in [0.1, 0.15) is 62.1 Å². The van der Waals surface area contributed by atoms with E-state index >= 15 is 0 Å². The van der Waals surface area contributed by atoms with Gasteiger partial charge in [0.05, 0.1) is 11.5 Å². The van der Waals surface area contributed by atoms with Gasteiger partial charge >= 0.3 is 0 Å². The lowest BCUT2D eigenvalue weighted by atomic mass is 10.1. The Morgan fingerprint density at radius 2 is 1.41 bits per heavy atom. The number of hydrogen-bond donors (Lipinski definition) is 0. The first-order valence-corrected chi connectivity index (χ1v) is 12.7. The summed E-state index contributed by atoms with van der Waals surface area (Å²) in [5, 5.41) is 0. The highest BCUT2D eigenvalue weighted by atomic mass is 32.2. The van der Waals surface area contributed by atoms with E-state index in [1.54, 1.807) is 24.3 Å². The molecular formula is C26H32N2O3S. The summed E-state index contributed by atoms with van der Waals surface area (Å²) in [6.07, 6.45) is 12.5. The molecule has 2 aromatic carbocycles. The van der Waals surface area contributed by atoms with Crippen LogP contribution < -0.4 is 0 Å². The van der Waals surface area contributed by atoms with E-state index < -0.39 is 10.1 Å². The molecule has 3 rings (SSSR count). The lowest BCUT2D eigenvalue weighted by Gasteiger charge is -2.07. The van der Waals surface area contributed by atoms with E-state index in [0.29, 0.717) is 5.82 Å². The fourth-order valence-electron chi connectivity index (χ4n) is 3.41. The Hall–Kier alpha value is -2.57. The van der Waals surface area contributed by atoms with Crippen molar-refractivity contribution in [3.63, 3.8) is 0 Å². The SMILES string of the molecule is CCCCCCCCc1cnc(-c2ccc(COS(=O)(=O)c3ccc(C)cc3)cc2)nc1. The van der Waals surface area contributed by atoms with Gasteiger partial charge in [0.15, 0.2) is 5.82 Å². The number of rotatable bonds is 12. The summed E-state index contributed by atoms with van der Waals surface area (Å²) in [5.41, 5.74) is 3.82. The molecule has 0 aliphatic rings. The van der Waals surface area contributed by atoms with Gasteiger partial charge in [0.2, 0.25) is 0 Å². The highest BCUT2D eigenvalue weighted by molar-refractivity contribution is 7.86. The van der Waals surface area contributed by atoms with Crippen molar-refractivity contribution in [2.75, 3.05) is 0 Å². The molecule has 0 saturated carbocycles. The van der Waals surface area contributed by atoms with Gasteiger partial charge < -0.3 is 0 Å². The lowest BCUT2D eigenvalue weighted by molar-refractivity contribution is 0.308. The number of unbranched alkanes of at least 4 members (excludes halogenated alkanes) is 5. The predicted molar refractivity (Wildman–Crippen MR) is 128 cm³/mol.